The van der Waals surface area contributed by atoms with E-state index in [1.165, 1.54) is 62.5 Å². The number of aliphatic hydroxyl groups excluding tert-OH is 1. The molecule has 0 spiro atoms. The quantitative estimate of drug-likeness (QED) is 0.203. The van der Waals surface area contributed by atoms with Crippen LogP contribution in [0.15, 0.2) is 18.2 Å². The monoisotopic (exact) mass is 778 g/mol. The molecule has 1 aromatic rings. The molecule has 2 N–H and O–H groups in total. The van der Waals surface area contributed by atoms with E-state index in [0.29, 0.717) is 76.8 Å². The lowest BCUT2D eigenvalue weighted by molar-refractivity contribution is -0.170. The third kappa shape index (κ3) is 7.31. The van der Waals surface area contributed by atoms with Gasteiger partial charge < -0.3 is 9.84 Å². The van der Waals surface area contributed by atoms with Crippen LogP contribution in [-0.2, 0) is 26.1 Å². The molecule has 1 aromatic carbocycles. The summed E-state index contributed by atoms with van der Waals surface area (Å²) in [4.78, 5) is 25.3. The van der Waals surface area contributed by atoms with Crippen LogP contribution in [0, 0.1) is 69.5 Å². The standard InChI is InChI=1S/C47H70O7S/c1-29(7-9-33(48)6-5-25-55(51,52)53)38-13-14-40-44-41(19-23-46(38,40)3)45(2)21-17-30(26-32(45)28-42(44)49)20-24-54-34-10-12-35-31(27-34)8-11-37-36(35)18-22-47(4)39(37)15-16-43(47)50/h10,12,27,29-30,32,36-42,44,49H,5-9,11,13-26,28H2,1-4H3,(H,51,52,53)/t29-,30?,32?,36?,37?,38+,39?,40-,41-,42-,44-,45-,46+,47+/m0/s1. The first-order chi connectivity index (χ1) is 26.1. The minimum atomic E-state index is -4.02. The first kappa shape index (κ1) is 40.0. The van der Waals surface area contributed by atoms with Crippen molar-refractivity contribution >= 4 is 21.7 Å². The van der Waals surface area contributed by atoms with Gasteiger partial charge in [0.2, 0.25) is 0 Å². The molecule has 306 valence electrons. The largest absolute Gasteiger partial charge is 0.494 e. The van der Waals surface area contributed by atoms with Gasteiger partial charge in [0.1, 0.15) is 17.3 Å². The first-order valence-electron chi connectivity index (χ1n) is 22.5. The summed E-state index contributed by atoms with van der Waals surface area (Å²) < 4.78 is 37.6. The lowest BCUT2D eigenvalue weighted by atomic mass is 9.43. The van der Waals surface area contributed by atoms with Gasteiger partial charge in [-0.25, -0.2) is 0 Å². The Morgan fingerprint density at radius 2 is 1.69 bits per heavy atom. The number of Topliss-reactive ketones (excluding diaryl/α,β-unsaturated/α-hetero) is 2. The van der Waals surface area contributed by atoms with E-state index in [4.69, 9.17) is 9.29 Å². The maximum Gasteiger partial charge on any atom is 0.264 e. The highest BCUT2D eigenvalue weighted by Gasteiger charge is 2.63. The Morgan fingerprint density at radius 1 is 0.909 bits per heavy atom. The molecule has 0 amide bonds. The van der Waals surface area contributed by atoms with Crippen molar-refractivity contribution < 1.29 is 32.4 Å². The molecule has 8 heteroatoms. The highest BCUT2D eigenvalue weighted by molar-refractivity contribution is 7.85. The molecular weight excluding hydrogens is 709 g/mol. The van der Waals surface area contributed by atoms with Gasteiger partial charge in [-0.3, -0.25) is 14.1 Å². The second kappa shape index (κ2) is 15.1. The van der Waals surface area contributed by atoms with Crippen LogP contribution >= 0.6 is 0 Å². The Morgan fingerprint density at radius 3 is 2.49 bits per heavy atom. The Kier molecular flexibility index (Phi) is 11.0. The summed E-state index contributed by atoms with van der Waals surface area (Å²) in [5.41, 5.74) is 3.41. The van der Waals surface area contributed by atoms with Crippen LogP contribution < -0.4 is 4.74 Å². The predicted molar refractivity (Wildman–Crippen MR) is 215 cm³/mol. The van der Waals surface area contributed by atoms with Crippen molar-refractivity contribution in [3.05, 3.63) is 29.3 Å². The molecule has 0 heterocycles. The fourth-order valence-electron chi connectivity index (χ4n) is 15.5. The fourth-order valence-corrected chi connectivity index (χ4v) is 16.0. The lowest BCUT2D eigenvalue weighted by Gasteiger charge is -2.62. The van der Waals surface area contributed by atoms with E-state index in [9.17, 15) is 23.1 Å². The highest BCUT2D eigenvalue weighted by Crippen LogP contribution is 2.69. The van der Waals surface area contributed by atoms with Gasteiger partial charge in [0.05, 0.1) is 18.5 Å². The Hall–Kier alpha value is -1.77. The number of aliphatic hydroxyl groups is 1. The van der Waals surface area contributed by atoms with Crippen LogP contribution in [-0.4, -0.2) is 48.1 Å². The van der Waals surface area contributed by atoms with Gasteiger partial charge in [-0.2, -0.15) is 8.42 Å². The minimum absolute atomic E-state index is 0.0705. The molecular formula is C47H70O7S. The molecule has 0 radical (unpaired) electrons. The zero-order valence-corrected chi connectivity index (χ0v) is 35.1. The van der Waals surface area contributed by atoms with Crippen LogP contribution in [0.3, 0.4) is 0 Å². The van der Waals surface area contributed by atoms with Gasteiger partial charge in [0, 0.05) is 24.7 Å². The number of rotatable bonds is 12. The minimum Gasteiger partial charge on any atom is -0.494 e. The molecule has 0 aromatic heterocycles. The van der Waals surface area contributed by atoms with Gasteiger partial charge in [0.25, 0.3) is 10.1 Å². The Balaban J connectivity index is 0.829. The SMILES string of the molecule is C[C@@H](CCC(=O)CCCS(=O)(=O)O)[C@H]1CC[C@H]2[C@@H]3[C@@H](O)CC4CC(CCOc5ccc6c(c5)CCC5C6CC[C@@]6(C)C(=O)CCC56)CC[C@]4(C)[C@H]3CC[C@]12C. The lowest BCUT2D eigenvalue weighted by Crippen LogP contribution is -2.58. The van der Waals surface area contributed by atoms with Crippen molar-refractivity contribution in [2.45, 2.75) is 162 Å². The summed E-state index contributed by atoms with van der Waals surface area (Å²) in [7, 11) is -4.02. The summed E-state index contributed by atoms with van der Waals surface area (Å²) in [6, 6.07) is 6.90. The molecule has 0 bridgehead atoms. The molecule has 7 aliphatic rings. The Bertz CT molecular complexity index is 1720. The van der Waals surface area contributed by atoms with E-state index in [1.54, 1.807) is 0 Å². The summed E-state index contributed by atoms with van der Waals surface area (Å²) >= 11 is 0. The maximum absolute atomic E-state index is 12.8. The number of carbonyl (C=O) groups excluding carboxylic acids is 2. The van der Waals surface area contributed by atoms with Crippen molar-refractivity contribution in [1.29, 1.82) is 0 Å². The third-order valence-electron chi connectivity index (χ3n) is 18.5. The molecule has 6 saturated carbocycles. The highest BCUT2D eigenvalue weighted by atomic mass is 32.2. The second-order valence-corrected chi connectivity index (χ2v) is 22.5. The van der Waals surface area contributed by atoms with Crippen LogP contribution in [0.2, 0.25) is 0 Å². The smallest absolute Gasteiger partial charge is 0.264 e. The molecule has 5 unspecified atom stereocenters. The van der Waals surface area contributed by atoms with Crippen molar-refractivity contribution in [3.63, 3.8) is 0 Å². The molecule has 8 rings (SSSR count). The Labute approximate surface area is 331 Å². The average Bonchev–Trinajstić information content (AvgIpc) is 3.65. The van der Waals surface area contributed by atoms with Crippen LogP contribution in [0.5, 0.6) is 5.75 Å². The van der Waals surface area contributed by atoms with Crippen LogP contribution in [0.1, 0.15) is 160 Å². The van der Waals surface area contributed by atoms with Gasteiger partial charge in [0.15, 0.2) is 0 Å². The zero-order valence-electron chi connectivity index (χ0n) is 34.3. The molecule has 6 fully saturated rings. The molecule has 7 aliphatic carbocycles. The van der Waals surface area contributed by atoms with Gasteiger partial charge in [-0.05, 0) is 196 Å². The van der Waals surface area contributed by atoms with Crippen molar-refractivity contribution in [3.8, 4) is 5.75 Å². The van der Waals surface area contributed by atoms with E-state index in [-0.39, 0.29) is 41.3 Å². The summed E-state index contributed by atoms with van der Waals surface area (Å²) in [6.45, 7) is 10.4. The van der Waals surface area contributed by atoms with Crippen molar-refractivity contribution in [2.75, 3.05) is 12.4 Å². The van der Waals surface area contributed by atoms with Gasteiger partial charge in [-0.15, -0.1) is 0 Å². The van der Waals surface area contributed by atoms with Crippen LogP contribution in [0.25, 0.3) is 0 Å². The number of aryl methyl sites for hydroxylation is 1. The zero-order chi connectivity index (χ0) is 38.9. The fraction of sp³-hybridized carbons (Fsp3) is 0.830. The summed E-state index contributed by atoms with van der Waals surface area (Å²) in [5, 5.41) is 12.0. The normalized spacial score (nSPS) is 42.6. The number of fused-ring (bicyclic) bond motifs is 10. The number of benzene rings is 1. The number of hydrogen-bond acceptors (Lipinski definition) is 6. The van der Waals surface area contributed by atoms with E-state index in [0.717, 1.165) is 63.7 Å². The summed E-state index contributed by atoms with van der Waals surface area (Å²) in [5.74, 6) is 6.77. The predicted octanol–water partition coefficient (Wildman–Crippen LogP) is 9.78. The van der Waals surface area contributed by atoms with E-state index >= 15 is 0 Å². The van der Waals surface area contributed by atoms with Crippen molar-refractivity contribution in [1.82, 2.24) is 0 Å². The number of ketones is 2. The van der Waals surface area contributed by atoms with E-state index in [1.807, 2.05) is 0 Å². The average molecular weight is 779 g/mol. The summed E-state index contributed by atoms with van der Waals surface area (Å²) in [6.07, 6.45) is 18.3. The van der Waals surface area contributed by atoms with Gasteiger partial charge in [-0.1, -0.05) is 33.8 Å². The number of ether oxygens (including phenoxy) is 1. The third-order valence-corrected chi connectivity index (χ3v) is 19.3. The van der Waals surface area contributed by atoms with Crippen LogP contribution in [0.4, 0.5) is 0 Å². The maximum atomic E-state index is 12.8. The molecule has 0 aliphatic heterocycles. The number of carbonyl (C=O) groups is 2. The number of hydrogen-bond donors (Lipinski definition) is 2. The molecule has 7 nitrogen and oxygen atoms in total. The topological polar surface area (TPSA) is 118 Å². The van der Waals surface area contributed by atoms with E-state index in [2.05, 4.69) is 45.9 Å². The molecule has 55 heavy (non-hydrogen) atoms. The van der Waals surface area contributed by atoms with Gasteiger partial charge >= 0.3 is 0 Å². The molecule has 14 atom stereocenters. The molecule has 0 saturated heterocycles. The van der Waals surface area contributed by atoms with Crippen molar-refractivity contribution in [2.24, 2.45) is 69.5 Å². The second-order valence-electron chi connectivity index (χ2n) is 20.9. The van der Waals surface area contributed by atoms with E-state index < -0.39 is 10.1 Å². The first-order valence-corrected chi connectivity index (χ1v) is 24.2.